The average molecular weight is 219 g/mol. The molecule has 1 fully saturated rings. The summed E-state index contributed by atoms with van der Waals surface area (Å²) in [4.78, 5) is 0. The van der Waals surface area contributed by atoms with Crippen molar-refractivity contribution in [3.05, 3.63) is 0 Å². The Kier molecular flexibility index (Phi) is 4.10. The van der Waals surface area contributed by atoms with Crippen LogP contribution in [-0.4, -0.2) is 38.5 Å². The smallest absolute Gasteiger partial charge is 0.0741 e. The van der Waals surface area contributed by atoms with Crippen molar-refractivity contribution in [2.45, 2.75) is 51.3 Å². The quantitative estimate of drug-likeness (QED) is 0.732. The number of hydrogen-bond acceptors (Lipinski definition) is 3. The predicted octanol–water partition coefficient (Wildman–Crippen LogP) is 0.646. The van der Waals surface area contributed by atoms with E-state index >= 15 is 0 Å². The number of rotatable bonds is 3. The first-order chi connectivity index (χ1) is 6.39. The van der Waals surface area contributed by atoms with Gasteiger partial charge < -0.3 is 10.4 Å². The number of aliphatic hydroxyl groups is 1. The van der Waals surface area contributed by atoms with Gasteiger partial charge in [-0.1, -0.05) is 0 Å². The highest BCUT2D eigenvalue weighted by Gasteiger charge is 2.26. The lowest BCUT2D eigenvalue weighted by Gasteiger charge is -2.32. The molecule has 1 heterocycles. The molecule has 0 amide bonds. The zero-order chi connectivity index (χ0) is 10.8. The normalized spacial score (nSPS) is 31.4. The van der Waals surface area contributed by atoms with Crippen LogP contribution in [0.4, 0.5) is 0 Å². The van der Waals surface area contributed by atoms with E-state index < -0.39 is 16.4 Å². The molecule has 1 aliphatic rings. The summed E-state index contributed by atoms with van der Waals surface area (Å²) in [6.45, 7) is 5.61. The van der Waals surface area contributed by atoms with E-state index in [1.165, 1.54) is 0 Å². The monoisotopic (exact) mass is 219 g/mol. The molecular weight excluding hydrogens is 198 g/mol. The summed E-state index contributed by atoms with van der Waals surface area (Å²) in [6.07, 6.45) is 1.93. The molecule has 84 valence electrons. The van der Waals surface area contributed by atoms with E-state index in [1.54, 1.807) is 0 Å². The summed E-state index contributed by atoms with van der Waals surface area (Å²) in [5.74, 6) is 1.60. The maximum atomic E-state index is 11.1. The van der Waals surface area contributed by atoms with Crippen LogP contribution in [0.2, 0.25) is 0 Å². The minimum atomic E-state index is -0.684. The van der Waals surface area contributed by atoms with Gasteiger partial charge >= 0.3 is 0 Å². The predicted molar refractivity (Wildman–Crippen MR) is 59.8 cm³/mol. The van der Waals surface area contributed by atoms with Gasteiger partial charge in [0.25, 0.3) is 0 Å². The third kappa shape index (κ3) is 3.67. The Balaban J connectivity index is 2.34. The first-order valence-corrected chi connectivity index (χ1v) is 6.72. The van der Waals surface area contributed by atoms with Crippen molar-refractivity contribution in [1.82, 2.24) is 5.32 Å². The maximum Gasteiger partial charge on any atom is 0.0741 e. The van der Waals surface area contributed by atoms with E-state index in [-0.39, 0.29) is 6.04 Å². The van der Waals surface area contributed by atoms with E-state index in [1.807, 2.05) is 20.8 Å². The molecule has 1 atom stereocenters. The maximum absolute atomic E-state index is 11.1. The highest BCUT2D eigenvalue weighted by Crippen LogP contribution is 2.14. The minimum Gasteiger partial charge on any atom is -0.389 e. The second kappa shape index (κ2) is 4.73. The van der Waals surface area contributed by atoms with Gasteiger partial charge in [-0.25, -0.2) is 0 Å². The Morgan fingerprint density at radius 3 is 2.36 bits per heavy atom. The van der Waals surface area contributed by atoms with Gasteiger partial charge in [0.05, 0.1) is 5.60 Å². The van der Waals surface area contributed by atoms with Gasteiger partial charge in [-0.05, 0) is 33.6 Å². The molecule has 1 rings (SSSR count). The summed E-state index contributed by atoms with van der Waals surface area (Å²) < 4.78 is 11.1. The van der Waals surface area contributed by atoms with Crippen LogP contribution in [0.3, 0.4) is 0 Å². The van der Waals surface area contributed by atoms with Gasteiger partial charge in [0.1, 0.15) is 0 Å². The van der Waals surface area contributed by atoms with Gasteiger partial charge in [-0.3, -0.25) is 4.21 Å². The molecule has 3 nitrogen and oxygen atoms in total. The third-order valence-electron chi connectivity index (χ3n) is 2.93. The van der Waals surface area contributed by atoms with E-state index in [9.17, 15) is 9.32 Å². The molecule has 14 heavy (non-hydrogen) atoms. The van der Waals surface area contributed by atoms with E-state index in [2.05, 4.69) is 5.32 Å². The van der Waals surface area contributed by atoms with Crippen molar-refractivity contribution >= 4 is 10.8 Å². The van der Waals surface area contributed by atoms with Gasteiger partial charge in [-0.2, -0.15) is 0 Å². The van der Waals surface area contributed by atoms with Crippen LogP contribution in [0.5, 0.6) is 0 Å². The van der Waals surface area contributed by atoms with E-state index in [0.717, 1.165) is 24.3 Å². The Bertz CT molecular complexity index is 203. The fourth-order valence-corrected chi connectivity index (χ4v) is 2.82. The standard InChI is InChI=1S/C10H21NO2S/c1-8(10(2,3)12)11-9-4-6-14(13)7-5-9/h8-9,11-12H,4-7H2,1-3H3. The molecule has 1 saturated heterocycles. The lowest BCUT2D eigenvalue weighted by atomic mass is 9.99. The zero-order valence-electron chi connectivity index (χ0n) is 9.25. The lowest BCUT2D eigenvalue weighted by molar-refractivity contribution is 0.0393. The van der Waals surface area contributed by atoms with Crippen LogP contribution >= 0.6 is 0 Å². The van der Waals surface area contributed by atoms with Gasteiger partial charge in [0, 0.05) is 34.4 Å². The third-order valence-corrected chi connectivity index (χ3v) is 4.32. The van der Waals surface area contributed by atoms with Crippen molar-refractivity contribution in [2.24, 2.45) is 0 Å². The largest absolute Gasteiger partial charge is 0.389 e. The van der Waals surface area contributed by atoms with Crippen molar-refractivity contribution in [3.63, 3.8) is 0 Å². The van der Waals surface area contributed by atoms with Crippen molar-refractivity contribution in [3.8, 4) is 0 Å². The SMILES string of the molecule is CC(NC1CCS(=O)CC1)C(C)(C)O. The Labute approximate surface area is 88.7 Å². The Morgan fingerprint density at radius 2 is 1.93 bits per heavy atom. The molecule has 0 aromatic rings. The fourth-order valence-electron chi connectivity index (χ4n) is 1.52. The van der Waals surface area contributed by atoms with Gasteiger partial charge in [0.2, 0.25) is 0 Å². The van der Waals surface area contributed by atoms with Crippen LogP contribution < -0.4 is 5.32 Å². The average Bonchev–Trinajstić information content (AvgIpc) is 2.07. The minimum absolute atomic E-state index is 0.0824. The molecule has 0 aliphatic carbocycles. The summed E-state index contributed by atoms with van der Waals surface area (Å²) in [5.41, 5.74) is -0.684. The molecule has 0 spiro atoms. The molecule has 4 heteroatoms. The van der Waals surface area contributed by atoms with Crippen LogP contribution in [0.25, 0.3) is 0 Å². The molecule has 0 aromatic carbocycles. The highest BCUT2D eigenvalue weighted by atomic mass is 32.2. The first kappa shape index (κ1) is 12.1. The molecule has 0 radical (unpaired) electrons. The van der Waals surface area contributed by atoms with Crippen molar-refractivity contribution < 1.29 is 9.32 Å². The molecule has 0 bridgehead atoms. The molecule has 1 unspecified atom stereocenters. The zero-order valence-corrected chi connectivity index (χ0v) is 10.1. The van der Waals surface area contributed by atoms with Crippen LogP contribution in [-0.2, 0) is 10.8 Å². The molecular formula is C10H21NO2S. The molecule has 0 saturated carbocycles. The second-order valence-electron chi connectivity index (χ2n) is 4.66. The fraction of sp³-hybridized carbons (Fsp3) is 1.00. The van der Waals surface area contributed by atoms with E-state index in [0.29, 0.717) is 6.04 Å². The Hall–Kier alpha value is 0.0700. The van der Waals surface area contributed by atoms with Gasteiger partial charge in [-0.15, -0.1) is 0 Å². The highest BCUT2D eigenvalue weighted by molar-refractivity contribution is 7.85. The topological polar surface area (TPSA) is 49.3 Å². The van der Waals surface area contributed by atoms with Crippen LogP contribution in [0.15, 0.2) is 0 Å². The van der Waals surface area contributed by atoms with E-state index in [4.69, 9.17) is 0 Å². The molecule has 2 N–H and O–H groups in total. The number of nitrogens with one attached hydrogen (secondary N) is 1. The molecule has 1 aliphatic heterocycles. The summed E-state index contributed by atoms with van der Waals surface area (Å²) in [5, 5.41) is 13.1. The number of hydrogen-bond donors (Lipinski definition) is 2. The summed E-state index contributed by atoms with van der Waals surface area (Å²) in [6, 6.07) is 0.508. The van der Waals surface area contributed by atoms with Gasteiger partial charge in [0.15, 0.2) is 0 Å². The summed E-state index contributed by atoms with van der Waals surface area (Å²) >= 11 is 0. The van der Waals surface area contributed by atoms with Crippen molar-refractivity contribution in [1.29, 1.82) is 0 Å². The summed E-state index contributed by atoms with van der Waals surface area (Å²) in [7, 11) is -0.599. The first-order valence-electron chi connectivity index (χ1n) is 5.23. The second-order valence-corrected chi connectivity index (χ2v) is 6.36. The molecule has 0 aromatic heterocycles. The van der Waals surface area contributed by atoms with Crippen LogP contribution in [0, 0.1) is 0 Å². The Morgan fingerprint density at radius 1 is 1.43 bits per heavy atom. The lowest BCUT2D eigenvalue weighted by Crippen LogP contribution is -2.50. The van der Waals surface area contributed by atoms with Crippen LogP contribution in [0.1, 0.15) is 33.6 Å². The van der Waals surface area contributed by atoms with Crippen molar-refractivity contribution in [2.75, 3.05) is 11.5 Å².